The zero-order valence-corrected chi connectivity index (χ0v) is 16.5. The molecule has 2 saturated heterocycles. The lowest BCUT2D eigenvalue weighted by Gasteiger charge is -2.44. The van der Waals surface area contributed by atoms with Crippen LogP contribution >= 0.6 is 0 Å². The van der Waals surface area contributed by atoms with Gasteiger partial charge in [-0.15, -0.1) is 0 Å². The summed E-state index contributed by atoms with van der Waals surface area (Å²) in [6.07, 6.45) is -6.58. The molecule has 1 aromatic rings. The third-order valence-electron chi connectivity index (χ3n) is 5.60. The predicted octanol–water partition coefficient (Wildman–Crippen LogP) is 2.43. The van der Waals surface area contributed by atoms with E-state index in [1.807, 2.05) is 0 Å². The van der Waals surface area contributed by atoms with Crippen LogP contribution in [0.15, 0.2) is 18.2 Å². The number of aliphatic hydroxyl groups is 1. The van der Waals surface area contributed by atoms with Crippen LogP contribution < -0.4 is 15.1 Å². The standard InChI is InChI=1S/C19H23F4N3O4/c1-11-9-25(6-5-18(11,29)19(21,22)23)16-4-3-13(7-15(16)20)26-10-14(30-17(26)28)8-24-12(2)27/h3-4,7,11,14,29H,5-6,8-10H2,1-2H3,(H,24,27)/t11-,14?,18+/m1/s1. The number of cyclic esters (lactones) is 1. The molecule has 0 radical (unpaired) electrons. The van der Waals surface area contributed by atoms with Gasteiger partial charge in [0.2, 0.25) is 5.91 Å². The summed E-state index contributed by atoms with van der Waals surface area (Å²) in [5, 5.41) is 12.5. The first-order valence-corrected chi connectivity index (χ1v) is 9.48. The van der Waals surface area contributed by atoms with E-state index in [2.05, 4.69) is 5.32 Å². The first-order chi connectivity index (χ1) is 13.9. The van der Waals surface area contributed by atoms with Gasteiger partial charge in [-0.2, -0.15) is 13.2 Å². The number of carbonyl (C=O) groups excluding carboxylic acids is 2. The molecule has 2 heterocycles. The van der Waals surface area contributed by atoms with E-state index in [0.29, 0.717) is 0 Å². The van der Waals surface area contributed by atoms with Crippen LogP contribution in [0.5, 0.6) is 0 Å². The molecule has 2 N–H and O–H groups in total. The Kier molecular flexibility index (Phi) is 5.85. The number of hydrogen-bond acceptors (Lipinski definition) is 5. The smallest absolute Gasteiger partial charge is 0.417 e. The summed E-state index contributed by atoms with van der Waals surface area (Å²) in [6, 6.07) is 3.99. The molecule has 0 aromatic heterocycles. The largest absolute Gasteiger partial charge is 0.442 e. The van der Waals surface area contributed by atoms with Crippen molar-refractivity contribution >= 4 is 23.4 Å². The van der Waals surface area contributed by atoms with E-state index >= 15 is 0 Å². The summed E-state index contributed by atoms with van der Waals surface area (Å²) in [7, 11) is 0. The lowest BCUT2D eigenvalue weighted by Crippen LogP contribution is -2.59. The fraction of sp³-hybridized carbons (Fsp3) is 0.579. The highest BCUT2D eigenvalue weighted by Gasteiger charge is 2.58. The molecule has 1 unspecified atom stereocenters. The van der Waals surface area contributed by atoms with Crippen LogP contribution in [-0.2, 0) is 9.53 Å². The van der Waals surface area contributed by atoms with Crippen LogP contribution in [0.2, 0.25) is 0 Å². The van der Waals surface area contributed by atoms with Crippen LogP contribution in [0, 0.1) is 11.7 Å². The van der Waals surface area contributed by atoms with E-state index in [1.54, 1.807) is 0 Å². The normalized spacial score (nSPS) is 27.2. The molecule has 166 valence electrons. The van der Waals surface area contributed by atoms with Gasteiger partial charge in [0.05, 0.1) is 24.5 Å². The topological polar surface area (TPSA) is 82.1 Å². The average molecular weight is 433 g/mol. The second-order valence-electron chi connectivity index (χ2n) is 7.71. The molecule has 2 amide bonds. The number of carbonyl (C=O) groups is 2. The predicted molar refractivity (Wildman–Crippen MR) is 99.7 cm³/mol. The number of alkyl halides is 3. The number of nitrogens with zero attached hydrogens (tertiary/aromatic N) is 2. The molecule has 0 bridgehead atoms. The Labute approximate surface area is 170 Å². The van der Waals surface area contributed by atoms with Crippen molar-refractivity contribution in [2.75, 3.05) is 36.0 Å². The molecular weight excluding hydrogens is 410 g/mol. The molecule has 30 heavy (non-hydrogen) atoms. The number of benzene rings is 1. The Bertz CT molecular complexity index is 834. The van der Waals surface area contributed by atoms with E-state index in [0.717, 1.165) is 6.07 Å². The van der Waals surface area contributed by atoms with E-state index in [4.69, 9.17) is 4.74 Å². The number of hydrogen-bond donors (Lipinski definition) is 2. The Morgan fingerprint density at radius 2 is 2.07 bits per heavy atom. The van der Waals surface area contributed by atoms with Crippen molar-refractivity contribution in [3.63, 3.8) is 0 Å². The second kappa shape index (κ2) is 7.93. The molecular formula is C19H23F4N3O4. The molecule has 3 rings (SSSR count). The Morgan fingerprint density at radius 1 is 1.37 bits per heavy atom. The fourth-order valence-corrected chi connectivity index (χ4v) is 3.78. The molecule has 0 spiro atoms. The summed E-state index contributed by atoms with van der Waals surface area (Å²) in [4.78, 5) is 25.7. The summed E-state index contributed by atoms with van der Waals surface area (Å²) in [5.74, 6) is -2.11. The van der Waals surface area contributed by atoms with E-state index in [1.165, 1.54) is 35.8 Å². The van der Waals surface area contributed by atoms with Crippen molar-refractivity contribution in [1.29, 1.82) is 0 Å². The molecule has 2 aliphatic rings. The highest BCUT2D eigenvalue weighted by molar-refractivity contribution is 5.90. The summed E-state index contributed by atoms with van der Waals surface area (Å²) < 4.78 is 59.4. The molecule has 11 heteroatoms. The third-order valence-corrected chi connectivity index (χ3v) is 5.60. The number of amides is 2. The fourth-order valence-electron chi connectivity index (χ4n) is 3.78. The zero-order valence-electron chi connectivity index (χ0n) is 16.5. The molecule has 7 nitrogen and oxygen atoms in total. The van der Waals surface area contributed by atoms with Gasteiger partial charge in [-0.05, 0) is 18.2 Å². The van der Waals surface area contributed by atoms with Gasteiger partial charge in [-0.3, -0.25) is 9.69 Å². The summed E-state index contributed by atoms with van der Waals surface area (Å²) >= 11 is 0. The Hall–Kier alpha value is -2.56. The van der Waals surface area contributed by atoms with Gasteiger partial charge >= 0.3 is 12.3 Å². The summed E-state index contributed by atoms with van der Waals surface area (Å²) in [5.41, 5.74) is -2.47. The highest BCUT2D eigenvalue weighted by atomic mass is 19.4. The molecule has 2 fully saturated rings. The summed E-state index contributed by atoms with van der Waals surface area (Å²) in [6.45, 7) is 2.53. The first kappa shape index (κ1) is 22.1. The quantitative estimate of drug-likeness (QED) is 0.713. The van der Waals surface area contributed by atoms with Gasteiger partial charge in [0.1, 0.15) is 11.9 Å². The van der Waals surface area contributed by atoms with Crippen LogP contribution in [0.4, 0.5) is 33.7 Å². The first-order valence-electron chi connectivity index (χ1n) is 9.48. The third kappa shape index (κ3) is 4.16. The van der Waals surface area contributed by atoms with Crippen LogP contribution in [-0.4, -0.2) is 61.2 Å². The molecule has 1 aromatic carbocycles. The van der Waals surface area contributed by atoms with Crippen molar-refractivity contribution in [2.45, 2.75) is 38.1 Å². The maximum absolute atomic E-state index is 14.8. The molecule has 3 atom stereocenters. The van der Waals surface area contributed by atoms with Crippen molar-refractivity contribution in [1.82, 2.24) is 5.32 Å². The van der Waals surface area contributed by atoms with Crippen molar-refractivity contribution in [3.05, 3.63) is 24.0 Å². The maximum Gasteiger partial charge on any atom is 0.417 e. The van der Waals surface area contributed by atoms with E-state index < -0.39 is 42.1 Å². The van der Waals surface area contributed by atoms with Crippen LogP contribution in [0.25, 0.3) is 0 Å². The van der Waals surface area contributed by atoms with E-state index in [-0.39, 0.29) is 43.5 Å². The number of ether oxygens (including phenoxy) is 1. The lowest BCUT2D eigenvalue weighted by atomic mass is 9.81. The van der Waals surface area contributed by atoms with Crippen LogP contribution in [0.1, 0.15) is 20.3 Å². The number of piperidine rings is 1. The number of rotatable bonds is 4. The Morgan fingerprint density at radius 3 is 2.63 bits per heavy atom. The minimum atomic E-state index is -4.76. The lowest BCUT2D eigenvalue weighted by molar-refractivity contribution is -0.281. The highest BCUT2D eigenvalue weighted by Crippen LogP contribution is 2.43. The maximum atomic E-state index is 14.8. The number of nitrogens with one attached hydrogen (secondary N) is 1. The second-order valence-corrected chi connectivity index (χ2v) is 7.71. The van der Waals surface area contributed by atoms with Crippen molar-refractivity contribution in [3.8, 4) is 0 Å². The van der Waals surface area contributed by atoms with Gasteiger partial charge in [-0.1, -0.05) is 6.92 Å². The molecule has 0 aliphatic carbocycles. The van der Waals surface area contributed by atoms with Gasteiger partial charge in [0.25, 0.3) is 0 Å². The number of halogens is 4. The minimum absolute atomic E-state index is 0.0946. The molecule has 0 saturated carbocycles. The van der Waals surface area contributed by atoms with Crippen molar-refractivity contribution in [2.24, 2.45) is 5.92 Å². The van der Waals surface area contributed by atoms with Gasteiger partial charge < -0.3 is 20.1 Å². The monoisotopic (exact) mass is 433 g/mol. The van der Waals surface area contributed by atoms with Gasteiger partial charge in [0, 0.05) is 32.4 Å². The molecule has 2 aliphatic heterocycles. The zero-order chi connectivity index (χ0) is 22.3. The van der Waals surface area contributed by atoms with Crippen molar-refractivity contribution < 1.29 is 37.0 Å². The number of anilines is 2. The minimum Gasteiger partial charge on any atom is -0.442 e. The van der Waals surface area contributed by atoms with Gasteiger partial charge in [0.15, 0.2) is 5.60 Å². The Balaban J connectivity index is 1.71. The van der Waals surface area contributed by atoms with E-state index in [9.17, 15) is 32.3 Å². The van der Waals surface area contributed by atoms with Gasteiger partial charge in [-0.25, -0.2) is 9.18 Å². The van der Waals surface area contributed by atoms with Crippen LogP contribution in [0.3, 0.4) is 0 Å². The average Bonchev–Trinajstić information content (AvgIpc) is 3.02. The SMILES string of the molecule is CC(=O)NCC1CN(c2ccc(N3CC[C@@](O)(C(F)(F)F)[C@H](C)C3)c(F)c2)C(=O)O1.